The fraction of sp³-hybridized carbons (Fsp3) is 0.111. The summed E-state index contributed by atoms with van der Waals surface area (Å²) in [5.41, 5.74) is 0.610. The summed E-state index contributed by atoms with van der Waals surface area (Å²) in [5, 5.41) is 9.10. The van der Waals surface area contributed by atoms with Crippen LogP contribution in [0.15, 0.2) is 61.2 Å². The number of aromatic nitrogens is 3. The zero-order valence-electron chi connectivity index (χ0n) is 14.0. The van der Waals surface area contributed by atoms with E-state index in [2.05, 4.69) is 20.7 Å². The van der Waals surface area contributed by atoms with Crippen molar-refractivity contribution < 1.29 is 14.0 Å². The summed E-state index contributed by atoms with van der Waals surface area (Å²) in [6.07, 6.45) is 2.88. The first kappa shape index (κ1) is 18.5. The second kappa shape index (κ2) is 8.41. The number of nitrogens with zero attached hydrogens (tertiary/aromatic N) is 3. The average molecular weight is 388 g/mol. The molecule has 7 nitrogen and oxygen atoms in total. The zero-order chi connectivity index (χ0) is 19.2. The third-order valence-electron chi connectivity index (χ3n) is 3.73. The van der Waals surface area contributed by atoms with Gasteiger partial charge < -0.3 is 10.6 Å². The lowest BCUT2D eigenvalue weighted by Crippen LogP contribution is -2.39. The Bertz CT molecular complexity index is 934. The van der Waals surface area contributed by atoms with Crippen molar-refractivity contribution in [3.05, 3.63) is 77.6 Å². The average Bonchev–Trinajstić information content (AvgIpc) is 3.18. The number of hydrogen-bond donors (Lipinski definition) is 2. The van der Waals surface area contributed by atoms with Gasteiger partial charge in [0.05, 0.1) is 18.3 Å². The van der Waals surface area contributed by atoms with E-state index in [0.29, 0.717) is 0 Å². The molecule has 9 heteroatoms. The monoisotopic (exact) mass is 387 g/mol. The van der Waals surface area contributed by atoms with Gasteiger partial charge in [0.1, 0.15) is 18.5 Å². The van der Waals surface area contributed by atoms with Gasteiger partial charge in [0.25, 0.3) is 0 Å². The Hall–Kier alpha value is -3.26. The molecule has 3 rings (SSSR count). The molecule has 1 aromatic heterocycles. The Morgan fingerprint density at radius 2 is 1.93 bits per heavy atom. The van der Waals surface area contributed by atoms with Crippen LogP contribution in [0, 0.1) is 5.82 Å². The maximum atomic E-state index is 13.7. The quantitative estimate of drug-likeness (QED) is 0.658. The van der Waals surface area contributed by atoms with E-state index < -0.39 is 23.7 Å². The van der Waals surface area contributed by atoms with E-state index in [1.807, 2.05) is 30.3 Å². The second-order valence-electron chi connectivity index (χ2n) is 5.63. The van der Waals surface area contributed by atoms with Crippen LogP contribution in [0.3, 0.4) is 0 Å². The molecule has 0 saturated heterocycles. The summed E-state index contributed by atoms with van der Waals surface area (Å²) in [6, 6.07) is 12.2. The molecule has 3 aromatic rings. The van der Waals surface area contributed by atoms with E-state index in [-0.39, 0.29) is 17.3 Å². The van der Waals surface area contributed by atoms with Gasteiger partial charge in [-0.2, -0.15) is 5.10 Å². The first-order valence-electron chi connectivity index (χ1n) is 7.97. The predicted molar refractivity (Wildman–Crippen MR) is 97.4 cm³/mol. The van der Waals surface area contributed by atoms with Crippen LogP contribution in [0.2, 0.25) is 5.02 Å². The van der Waals surface area contributed by atoms with E-state index in [4.69, 9.17) is 11.6 Å². The van der Waals surface area contributed by atoms with Crippen molar-refractivity contribution in [2.45, 2.75) is 12.6 Å². The number of carbonyl (C=O) groups excluding carboxylic acids is 2. The smallest absolute Gasteiger partial charge is 0.313 e. The molecule has 2 amide bonds. The van der Waals surface area contributed by atoms with Gasteiger partial charge in [0.2, 0.25) is 0 Å². The fourth-order valence-electron chi connectivity index (χ4n) is 2.43. The molecule has 0 fully saturated rings. The molecule has 1 heterocycles. The van der Waals surface area contributed by atoms with Crippen LogP contribution < -0.4 is 10.6 Å². The minimum atomic E-state index is -1.00. The van der Waals surface area contributed by atoms with Crippen molar-refractivity contribution in [1.82, 2.24) is 20.1 Å². The highest BCUT2D eigenvalue weighted by atomic mass is 35.5. The number of anilines is 1. The number of hydrogen-bond acceptors (Lipinski definition) is 4. The summed E-state index contributed by atoms with van der Waals surface area (Å²) in [4.78, 5) is 28.4. The molecule has 27 heavy (non-hydrogen) atoms. The van der Waals surface area contributed by atoms with Crippen LogP contribution in [-0.4, -0.2) is 26.6 Å². The Kier molecular flexibility index (Phi) is 5.77. The van der Waals surface area contributed by atoms with Crippen molar-refractivity contribution in [2.24, 2.45) is 0 Å². The van der Waals surface area contributed by atoms with Gasteiger partial charge >= 0.3 is 11.8 Å². The SMILES string of the molecule is O=C(Nc1cc(Cl)ccc1F)C(=O)N[C@@H](Cn1cncn1)c1ccccc1. The number of halogens is 2. The maximum Gasteiger partial charge on any atom is 0.313 e. The van der Waals surface area contributed by atoms with Gasteiger partial charge in [-0.1, -0.05) is 41.9 Å². The summed E-state index contributed by atoms with van der Waals surface area (Å²) < 4.78 is 15.3. The van der Waals surface area contributed by atoms with Gasteiger partial charge in [-0.25, -0.2) is 9.37 Å². The Labute approximate surface area is 159 Å². The molecule has 0 unspecified atom stereocenters. The largest absolute Gasteiger partial charge is 0.339 e. The Balaban J connectivity index is 1.73. The van der Waals surface area contributed by atoms with E-state index in [9.17, 15) is 14.0 Å². The van der Waals surface area contributed by atoms with E-state index in [1.54, 1.807) is 0 Å². The van der Waals surface area contributed by atoms with Gasteiger partial charge in [0, 0.05) is 5.02 Å². The molecule has 0 radical (unpaired) electrons. The highest BCUT2D eigenvalue weighted by Gasteiger charge is 2.21. The van der Waals surface area contributed by atoms with Crippen molar-refractivity contribution in [2.75, 3.05) is 5.32 Å². The molecule has 0 bridgehead atoms. The van der Waals surface area contributed by atoms with E-state index in [1.165, 1.54) is 29.5 Å². The third kappa shape index (κ3) is 4.89. The molecule has 2 aromatic carbocycles. The molecule has 0 saturated carbocycles. The molecule has 0 aliphatic rings. The zero-order valence-corrected chi connectivity index (χ0v) is 14.7. The molecular weight excluding hydrogens is 373 g/mol. The van der Waals surface area contributed by atoms with Crippen LogP contribution in [0.25, 0.3) is 0 Å². The van der Waals surface area contributed by atoms with Crippen molar-refractivity contribution in [1.29, 1.82) is 0 Å². The summed E-state index contributed by atoms with van der Waals surface area (Å²) in [7, 11) is 0. The molecule has 0 aliphatic carbocycles. The lowest BCUT2D eigenvalue weighted by Gasteiger charge is -2.19. The molecule has 2 N–H and O–H groups in total. The van der Waals surface area contributed by atoms with Crippen LogP contribution in [0.4, 0.5) is 10.1 Å². The van der Waals surface area contributed by atoms with Crippen LogP contribution in [-0.2, 0) is 16.1 Å². The van der Waals surface area contributed by atoms with Gasteiger partial charge in [0.15, 0.2) is 0 Å². The first-order valence-corrected chi connectivity index (χ1v) is 8.35. The summed E-state index contributed by atoms with van der Waals surface area (Å²) in [5.74, 6) is -2.61. The van der Waals surface area contributed by atoms with Crippen molar-refractivity contribution in [3.63, 3.8) is 0 Å². The predicted octanol–water partition coefficient (Wildman–Crippen LogP) is 2.57. The van der Waals surface area contributed by atoms with E-state index in [0.717, 1.165) is 11.6 Å². The topological polar surface area (TPSA) is 88.9 Å². The fourth-order valence-corrected chi connectivity index (χ4v) is 2.60. The molecule has 1 atom stereocenters. The minimum absolute atomic E-state index is 0.171. The van der Waals surface area contributed by atoms with Gasteiger partial charge in [-0.3, -0.25) is 14.3 Å². The molecule has 0 aliphatic heterocycles. The number of carbonyl (C=O) groups is 2. The number of benzene rings is 2. The van der Waals surface area contributed by atoms with Gasteiger partial charge in [-0.05, 0) is 23.8 Å². The number of amides is 2. The second-order valence-corrected chi connectivity index (χ2v) is 6.07. The minimum Gasteiger partial charge on any atom is -0.339 e. The lowest BCUT2D eigenvalue weighted by atomic mass is 10.1. The van der Waals surface area contributed by atoms with Crippen molar-refractivity contribution in [3.8, 4) is 0 Å². The van der Waals surface area contributed by atoms with Crippen LogP contribution in [0.5, 0.6) is 0 Å². The maximum absolute atomic E-state index is 13.7. The Morgan fingerprint density at radius 3 is 2.63 bits per heavy atom. The van der Waals surface area contributed by atoms with E-state index >= 15 is 0 Å². The standard InChI is InChI=1S/C18H15ClFN5O2/c19-13-6-7-14(20)15(8-13)23-17(26)18(27)24-16(9-25-11-21-10-22-25)12-4-2-1-3-5-12/h1-8,10-11,16H,9H2,(H,23,26)(H,24,27)/t16-/m0/s1. The Morgan fingerprint density at radius 1 is 1.15 bits per heavy atom. The number of rotatable bonds is 5. The summed E-state index contributed by atoms with van der Waals surface area (Å²) >= 11 is 5.79. The lowest BCUT2D eigenvalue weighted by molar-refractivity contribution is -0.136. The highest BCUT2D eigenvalue weighted by molar-refractivity contribution is 6.40. The molecule has 0 spiro atoms. The number of nitrogens with one attached hydrogen (secondary N) is 2. The highest BCUT2D eigenvalue weighted by Crippen LogP contribution is 2.20. The van der Waals surface area contributed by atoms with Crippen LogP contribution >= 0.6 is 11.6 Å². The van der Waals surface area contributed by atoms with Crippen molar-refractivity contribution >= 4 is 29.1 Å². The molecular formula is C18H15ClFN5O2. The third-order valence-corrected chi connectivity index (χ3v) is 3.96. The summed E-state index contributed by atoms with van der Waals surface area (Å²) in [6.45, 7) is 0.272. The van der Waals surface area contributed by atoms with Gasteiger partial charge in [-0.15, -0.1) is 0 Å². The normalized spacial score (nSPS) is 11.6. The van der Waals surface area contributed by atoms with Crippen LogP contribution in [0.1, 0.15) is 11.6 Å². The first-order chi connectivity index (χ1) is 13.0. The molecule has 138 valence electrons.